The highest BCUT2D eigenvalue weighted by molar-refractivity contribution is 5.55. The van der Waals surface area contributed by atoms with Crippen LogP contribution in [0.4, 0.5) is 4.39 Å². The number of halogens is 1. The molecule has 4 saturated carbocycles. The van der Waals surface area contributed by atoms with E-state index in [1.165, 1.54) is 51.0 Å². The smallest absolute Gasteiger partial charge is 0.123 e. The van der Waals surface area contributed by atoms with E-state index >= 15 is 0 Å². The number of benzene rings is 1. The Morgan fingerprint density at radius 1 is 1.00 bits per heavy atom. The summed E-state index contributed by atoms with van der Waals surface area (Å²) in [5.74, 6) is 2.91. The minimum atomic E-state index is -0.376. The molecule has 4 fully saturated rings. The highest BCUT2D eigenvalue weighted by atomic mass is 19.1. The van der Waals surface area contributed by atoms with Crippen molar-refractivity contribution in [3.63, 3.8) is 0 Å². The van der Waals surface area contributed by atoms with Gasteiger partial charge in [-0.2, -0.15) is 0 Å². The van der Waals surface area contributed by atoms with Gasteiger partial charge >= 0.3 is 0 Å². The van der Waals surface area contributed by atoms with Gasteiger partial charge in [0.25, 0.3) is 0 Å². The molecule has 0 radical (unpaired) electrons. The van der Waals surface area contributed by atoms with Crippen LogP contribution in [-0.4, -0.2) is 11.2 Å². The molecule has 0 saturated heterocycles. The lowest BCUT2D eigenvalue weighted by Gasteiger charge is -2.60. The number of hydrogen-bond acceptors (Lipinski definition) is 1. The van der Waals surface area contributed by atoms with Crippen LogP contribution < -0.4 is 0 Å². The average molecular weight is 383 g/mol. The monoisotopic (exact) mass is 382 g/mol. The van der Waals surface area contributed by atoms with Crippen molar-refractivity contribution in [2.24, 2.45) is 34.5 Å². The fourth-order valence-corrected chi connectivity index (χ4v) is 8.10. The third-order valence-electron chi connectivity index (χ3n) is 9.65. The second-order valence-corrected chi connectivity index (χ2v) is 10.8. The standard InChI is InChI=1S/C26H35FO/c1-25-12-4-3-7-19(25)9-10-21-22(25)11-13-26(2)23(21)16-18(24(26)28)14-17-6-5-8-20(27)15-17/h5-6,8,14-15,19,21-24,28H,3-4,7,9-13,16H2,1-2H3/b18-14+/t19?,21?,22?,23?,24?,25-,26-/m0/s1. The molecule has 1 N–H and O–H groups in total. The largest absolute Gasteiger partial charge is 0.388 e. The number of aliphatic hydroxyl groups is 1. The van der Waals surface area contributed by atoms with Gasteiger partial charge in [0.05, 0.1) is 6.10 Å². The van der Waals surface area contributed by atoms with E-state index in [-0.39, 0.29) is 17.3 Å². The van der Waals surface area contributed by atoms with Crippen molar-refractivity contribution in [1.29, 1.82) is 0 Å². The van der Waals surface area contributed by atoms with Crippen molar-refractivity contribution >= 4 is 6.08 Å². The molecule has 1 aromatic carbocycles. The molecule has 4 aliphatic rings. The van der Waals surface area contributed by atoms with E-state index in [9.17, 15) is 9.50 Å². The molecule has 4 aliphatic carbocycles. The molecule has 0 aromatic heterocycles. The van der Waals surface area contributed by atoms with E-state index in [1.807, 2.05) is 6.07 Å². The topological polar surface area (TPSA) is 20.2 Å². The SMILES string of the molecule is C[C@]12CCCCC1CCC1C2CC[C@]2(C)C(O)/C(=C/c3cccc(F)c3)CC12. The summed E-state index contributed by atoms with van der Waals surface area (Å²) in [6, 6.07) is 6.78. The molecular formula is C26H35FO. The van der Waals surface area contributed by atoms with Gasteiger partial charge in [-0.15, -0.1) is 0 Å². The number of fused-ring (bicyclic) bond motifs is 5. The number of hydrogen-bond donors (Lipinski definition) is 1. The maximum atomic E-state index is 13.6. The molecule has 5 unspecified atom stereocenters. The maximum Gasteiger partial charge on any atom is 0.123 e. The minimum absolute atomic E-state index is 0.00180. The summed E-state index contributed by atoms with van der Waals surface area (Å²) in [5.41, 5.74) is 2.55. The van der Waals surface area contributed by atoms with Gasteiger partial charge in [0, 0.05) is 5.41 Å². The third kappa shape index (κ3) is 2.74. The highest BCUT2D eigenvalue weighted by Gasteiger charge is 2.60. The Kier molecular flexibility index (Phi) is 4.50. The van der Waals surface area contributed by atoms with Crippen LogP contribution in [0.2, 0.25) is 0 Å². The summed E-state index contributed by atoms with van der Waals surface area (Å²) in [6.07, 6.45) is 13.6. The molecular weight excluding hydrogens is 347 g/mol. The Hall–Kier alpha value is -1.15. The highest BCUT2D eigenvalue weighted by Crippen LogP contribution is 2.67. The zero-order valence-corrected chi connectivity index (χ0v) is 17.5. The van der Waals surface area contributed by atoms with Gasteiger partial charge in [0.15, 0.2) is 0 Å². The summed E-state index contributed by atoms with van der Waals surface area (Å²) < 4.78 is 13.6. The van der Waals surface area contributed by atoms with Crippen LogP contribution in [0.15, 0.2) is 29.8 Å². The first-order valence-corrected chi connectivity index (χ1v) is 11.6. The average Bonchev–Trinajstić information content (AvgIpc) is 2.92. The van der Waals surface area contributed by atoms with Crippen molar-refractivity contribution in [2.75, 3.05) is 0 Å². The van der Waals surface area contributed by atoms with Gasteiger partial charge in [0.1, 0.15) is 5.82 Å². The quantitative estimate of drug-likeness (QED) is 0.579. The fraction of sp³-hybridized carbons (Fsp3) is 0.692. The van der Waals surface area contributed by atoms with E-state index in [1.54, 1.807) is 12.1 Å². The Labute approximate surface area is 169 Å². The van der Waals surface area contributed by atoms with Crippen LogP contribution in [0, 0.1) is 40.3 Å². The second-order valence-electron chi connectivity index (χ2n) is 10.8. The van der Waals surface area contributed by atoms with Crippen molar-refractivity contribution in [3.8, 4) is 0 Å². The molecule has 1 nitrogen and oxygen atoms in total. The van der Waals surface area contributed by atoms with Crippen molar-refractivity contribution in [3.05, 3.63) is 41.2 Å². The number of aliphatic hydroxyl groups excluding tert-OH is 1. The van der Waals surface area contributed by atoms with Crippen LogP contribution in [0.25, 0.3) is 6.08 Å². The van der Waals surface area contributed by atoms with Crippen molar-refractivity contribution in [1.82, 2.24) is 0 Å². The molecule has 0 bridgehead atoms. The summed E-state index contributed by atoms with van der Waals surface area (Å²) in [6.45, 7) is 4.94. The molecule has 1 aromatic rings. The first-order valence-electron chi connectivity index (χ1n) is 11.6. The normalized spacial score (nSPS) is 46.7. The van der Waals surface area contributed by atoms with Crippen LogP contribution in [-0.2, 0) is 0 Å². The minimum Gasteiger partial charge on any atom is -0.388 e. The molecule has 28 heavy (non-hydrogen) atoms. The van der Waals surface area contributed by atoms with Gasteiger partial charge in [-0.25, -0.2) is 4.39 Å². The van der Waals surface area contributed by atoms with E-state index in [0.29, 0.717) is 11.3 Å². The molecule has 0 amide bonds. The lowest BCUT2D eigenvalue weighted by Crippen LogP contribution is -2.53. The fourth-order valence-electron chi connectivity index (χ4n) is 8.10. The van der Waals surface area contributed by atoms with Gasteiger partial charge in [-0.05, 0) is 97.3 Å². The Morgan fingerprint density at radius 3 is 2.68 bits per heavy atom. The molecule has 0 heterocycles. The van der Waals surface area contributed by atoms with Crippen LogP contribution >= 0.6 is 0 Å². The van der Waals surface area contributed by atoms with Crippen LogP contribution in [0.5, 0.6) is 0 Å². The summed E-state index contributed by atoms with van der Waals surface area (Å²) in [7, 11) is 0. The lowest BCUT2D eigenvalue weighted by molar-refractivity contribution is -0.119. The predicted octanol–water partition coefficient (Wildman–Crippen LogP) is 6.61. The zero-order valence-electron chi connectivity index (χ0n) is 17.5. The number of rotatable bonds is 1. The van der Waals surface area contributed by atoms with Crippen molar-refractivity contribution in [2.45, 2.75) is 77.7 Å². The van der Waals surface area contributed by atoms with Gasteiger partial charge in [-0.3, -0.25) is 0 Å². The zero-order chi connectivity index (χ0) is 19.5. The summed E-state index contributed by atoms with van der Waals surface area (Å²) >= 11 is 0. The molecule has 2 heteroatoms. The first-order chi connectivity index (χ1) is 13.4. The van der Waals surface area contributed by atoms with Crippen LogP contribution in [0.3, 0.4) is 0 Å². The maximum absolute atomic E-state index is 13.6. The Morgan fingerprint density at radius 2 is 1.86 bits per heavy atom. The third-order valence-corrected chi connectivity index (χ3v) is 9.65. The Bertz CT molecular complexity index is 784. The first kappa shape index (κ1) is 18.9. The molecule has 0 aliphatic heterocycles. The summed E-state index contributed by atoms with van der Waals surface area (Å²) in [5, 5.41) is 11.3. The lowest BCUT2D eigenvalue weighted by atomic mass is 9.45. The van der Waals surface area contributed by atoms with Crippen LogP contribution in [0.1, 0.15) is 77.2 Å². The Balaban J connectivity index is 1.46. The predicted molar refractivity (Wildman–Crippen MR) is 112 cm³/mol. The molecule has 0 spiro atoms. The van der Waals surface area contributed by atoms with Gasteiger partial charge < -0.3 is 5.11 Å². The van der Waals surface area contributed by atoms with Gasteiger partial charge in [-0.1, -0.05) is 44.9 Å². The second kappa shape index (κ2) is 6.69. The van der Waals surface area contributed by atoms with E-state index in [2.05, 4.69) is 19.9 Å². The van der Waals surface area contributed by atoms with E-state index in [0.717, 1.165) is 41.7 Å². The van der Waals surface area contributed by atoms with E-state index < -0.39 is 0 Å². The van der Waals surface area contributed by atoms with Gasteiger partial charge in [0.2, 0.25) is 0 Å². The molecule has 152 valence electrons. The van der Waals surface area contributed by atoms with E-state index in [4.69, 9.17) is 0 Å². The molecule has 5 rings (SSSR count). The summed E-state index contributed by atoms with van der Waals surface area (Å²) in [4.78, 5) is 0. The van der Waals surface area contributed by atoms with Crippen molar-refractivity contribution < 1.29 is 9.50 Å². The molecule has 7 atom stereocenters.